The van der Waals surface area contributed by atoms with Crippen molar-refractivity contribution in [2.75, 3.05) is 11.9 Å². The fourth-order valence-electron chi connectivity index (χ4n) is 1.51. The van der Waals surface area contributed by atoms with Gasteiger partial charge in [0.2, 0.25) is 0 Å². The first kappa shape index (κ1) is 14.3. The average molecular weight is 338 g/mol. The smallest absolute Gasteiger partial charge is 0.144 e. The number of halogens is 1. The number of nitrogens with one attached hydrogen (secondary N) is 1. The highest BCUT2D eigenvalue weighted by molar-refractivity contribution is 9.10. The van der Waals surface area contributed by atoms with Crippen LogP contribution in [-0.4, -0.2) is 16.5 Å². The summed E-state index contributed by atoms with van der Waals surface area (Å²) in [6, 6.07) is 10.3. The van der Waals surface area contributed by atoms with Gasteiger partial charge < -0.3 is 5.32 Å². The molecule has 0 atom stereocenters. The molecule has 1 aromatic heterocycles. The minimum absolute atomic E-state index is 0.776. The van der Waals surface area contributed by atoms with Gasteiger partial charge in [-0.1, -0.05) is 25.1 Å². The molecule has 5 heteroatoms. The van der Waals surface area contributed by atoms with Crippen LogP contribution in [0.25, 0.3) is 0 Å². The van der Waals surface area contributed by atoms with Gasteiger partial charge in [-0.25, -0.2) is 9.97 Å². The van der Waals surface area contributed by atoms with E-state index in [0.29, 0.717) is 0 Å². The van der Waals surface area contributed by atoms with Crippen LogP contribution in [0.5, 0.6) is 0 Å². The normalized spacial score (nSPS) is 10.4. The molecule has 0 aliphatic rings. The van der Waals surface area contributed by atoms with Gasteiger partial charge in [0.15, 0.2) is 0 Å². The fourth-order valence-corrected chi connectivity index (χ4v) is 2.62. The number of aromatic nitrogens is 2. The molecule has 3 nitrogen and oxygen atoms in total. The van der Waals surface area contributed by atoms with Crippen LogP contribution < -0.4 is 5.32 Å². The number of benzene rings is 1. The summed E-state index contributed by atoms with van der Waals surface area (Å²) in [6.45, 7) is 3.05. The third kappa shape index (κ3) is 4.51. The third-order valence-electron chi connectivity index (χ3n) is 2.45. The average Bonchev–Trinajstić information content (AvgIpc) is 2.46. The summed E-state index contributed by atoms with van der Waals surface area (Å²) < 4.78 is 0.911. The molecule has 0 aliphatic heterocycles. The summed E-state index contributed by atoms with van der Waals surface area (Å²) >= 11 is 5.21. The minimum atomic E-state index is 0.776. The molecule has 0 spiro atoms. The van der Waals surface area contributed by atoms with E-state index in [0.717, 1.165) is 34.8 Å². The van der Waals surface area contributed by atoms with Crippen molar-refractivity contribution in [2.24, 2.45) is 0 Å². The van der Waals surface area contributed by atoms with Gasteiger partial charge in [-0.2, -0.15) is 0 Å². The number of rotatable bonds is 6. The van der Waals surface area contributed by atoms with Crippen LogP contribution in [0.3, 0.4) is 0 Å². The zero-order valence-electron chi connectivity index (χ0n) is 10.8. The SMILES string of the molecule is CCCNc1nc(CSc2ccccc2)ncc1Br. The van der Waals surface area contributed by atoms with Crippen molar-refractivity contribution in [1.82, 2.24) is 9.97 Å². The standard InChI is InChI=1S/C14H16BrN3S/c1-2-8-16-14-12(15)9-17-13(18-14)10-19-11-6-4-3-5-7-11/h3-7,9H,2,8,10H2,1H3,(H,16,17,18). The molecule has 0 amide bonds. The summed E-state index contributed by atoms with van der Waals surface area (Å²) in [6.07, 6.45) is 2.89. The fraction of sp³-hybridized carbons (Fsp3) is 0.286. The van der Waals surface area contributed by atoms with Crippen LogP contribution in [0, 0.1) is 0 Å². The van der Waals surface area contributed by atoms with Gasteiger partial charge in [0, 0.05) is 17.6 Å². The molecule has 2 aromatic rings. The highest BCUT2D eigenvalue weighted by Crippen LogP contribution is 2.23. The number of nitrogens with zero attached hydrogens (tertiary/aromatic N) is 2. The Hall–Kier alpha value is -1.07. The van der Waals surface area contributed by atoms with Crippen LogP contribution in [-0.2, 0) is 5.75 Å². The van der Waals surface area contributed by atoms with Gasteiger partial charge in [0.05, 0.1) is 10.2 Å². The van der Waals surface area contributed by atoms with Gasteiger partial charge in [-0.3, -0.25) is 0 Å². The van der Waals surface area contributed by atoms with Crippen molar-refractivity contribution >= 4 is 33.5 Å². The highest BCUT2D eigenvalue weighted by Gasteiger charge is 2.05. The Kier molecular flexibility index (Phi) is 5.66. The van der Waals surface area contributed by atoms with Crippen molar-refractivity contribution in [3.63, 3.8) is 0 Å². The summed E-state index contributed by atoms with van der Waals surface area (Å²) in [5, 5.41) is 3.29. The lowest BCUT2D eigenvalue weighted by atomic mass is 10.4. The maximum absolute atomic E-state index is 4.53. The second-order valence-electron chi connectivity index (χ2n) is 4.01. The van der Waals surface area contributed by atoms with Crippen LogP contribution in [0.15, 0.2) is 45.9 Å². The maximum atomic E-state index is 4.53. The summed E-state index contributed by atoms with van der Waals surface area (Å²) in [5.74, 6) is 2.49. The minimum Gasteiger partial charge on any atom is -0.369 e. The molecule has 0 fully saturated rings. The quantitative estimate of drug-likeness (QED) is 0.795. The van der Waals surface area contributed by atoms with Crippen molar-refractivity contribution < 1.29 is 0 Å². The molecular weight excluding hydrogens is 322 g/mol. The van der Waals surface area contributed by atoms with Gasteiger partial charge in [-0.15, -0.1) is 11.8 Å². The Morgan fingerprint density at radius 2 is 2.05 bits per heavy atom. The van der Waals surface area contributed by atoms with E-state index in [2.05, 4.69) is 50.3 Å². The Morgan fingerprint density at radius 1 is 1.26 bits per heavy atom. The summed E-state index contributed by atoms with van der Waals surface area (Å²) in [4.78, 5) is 10.1. The molecule has 2 rings (SSSR count). The lowest BCUT2D eigenvalue weighted by Gasteiger charge is -2.08. The van der Waals surface area contributed by atoms with Crippen LogP contribution in [0.4, 0.5) is 5.82 Å². The molecule has 19 heavy (non-hydrogen) atoms. The van der Waals surface area contributed by atoms with Gasteiger partial charge >= 0.3 is 0 Å². The Balaban J connectivity index is 2.00. The van der Waals surface area contributed by atoms with Crippen LogP contribution >= 0.6 is 27.7 Å². The predicted molar refractivity (Wildman–Crippen MR) is 84.5 cm³/mol. The monoisotopic (exact) mass is 337 g/mol. The molecule has 1 N–H and O–H groups in total. The Bertz CT molecular complexity index is 519. The summed E-state index contributed by atoms with van der Waals surface area (Å²) in [5.41, 5.74) is 0. The second-order valence-corrected chi connectivity index (χ2v) is 5.91. The zero-order chi connectivity index (χ0) is 13.5. The molecule has 0 bridgehead atoms. The zero-order valence-corrected chi connectivity index (χ0v) is 13.2. The Morgan fingerprint density at radius 3 is 2.79 bits per heavy atom. The van der Waals surface area contributed by atoms with Gasteiger partial charge in [-0.05, 0) is 34.5 Å². The predicted octanol–water partition coefficient (Wildman–Crippen LogP) is 4.35. The molecule has 100 valence electrons. The topological polar surface area (TPSA) is 37.8 Å². The first-order valence-electron chi connectivity index (χ1n) is 6.22. The number of anilines is 1. The molecule has 1 aromatic carbocycles. The second kappa shape index (κ2) is 7.50. The van der Waals surface area contributed by atoms with E-state index in [1.807, 2.05) is 24.4 Å². The lowest BCUT2D eigenvalue weighted by molar-refractivity contribution is 0.946. The molecular formula is C14H16BrN3S. The van der Waals surface area contributed by atoms with Gasteiger partial charge in [0.1, 0.15) is 11.6 Å². The van der Waals surface area contributed by atoms with Crippen molar-refractivity contribution in [1.29, 1.82) is 0 Å². The van der Waals surface area contributed by atoms with Crippen molar-refractivity contribution in [3.05, 3.63) is 46.8 Å². The third-order valence-corrected chi connectivity index (χ3v) is 4.04. The van der Waals surface area contributed by atoms with Crippen LogP contribution in [0.2, 0.25) is 0 Å². The molecule has 0 radical (unpaired) electrons. The van der Waals surface area contributed by atoms with E-state index in [9.17, 15) is 0 Å². The number of hydrogen-bond donors (Lipinski definition) is 1. The van der Waals surface area contributed by atoms with Crippen LogP contribution in [0.1, 0.15) is 19.2 Å². The first-order valence-corrected chi connectivity index (χ1v) is 8.00. The van der Waals surface area contributed by atoms with Gasteiger partial charge in [0.25, 0.3) is 0 Å². The molecule has 0 unspecified atom stereocenters. The van der Waals surface area contributed by atoms with E-state index < -0.39 is 0 Å². The first-order chi connectivity index (χ1) is 9.29. The van der Waals surface area contributed by atoms with E-state index in [1.165, 1.54) is 4.90 Å². The number of hydrogen-bond acceptors (Lipinski definition) is 4. The van der Waals surface area contributed by atoms with E-state index in [1.54, 1.807) is 11.8 Å². The highest BCUT2D eigenvalue weighted by atomic mass is 79.9. The Labute approximate surface area is 126 Å². The summed E-state index contributed by atoms with van der Waals surface area (Å²) in [7, 11) is 0. The molecule has 0 saturated carbocycles. The van der Waals surface area contributed by atoms with E-state index in [-0.39, 0.29) is 0 Å². The maximum Gasteiger partial charge on any atom is 0.144 e. The van der Waals surface area contributed by atoms with Crippen molar-refractivity contribution in [2.45, 2.75) is 24.0 Å². The van der Waals surface area contributed by atoms with E-state index in [4.69, 9.17) is 0 Å². The van der Waals surface area contributed by atoms with E-state index >= 15 is 0 Å². The lowest BCUT2D eigenvalue weighted by Crippen LogP contribution is -2.05. The largest absolute Gasteiger partial charge is 0.369 e. The molecule has 0 aliphatic carbocycles. The van der Waals surface area contributed by atoms with Crippen molar-refractivity contribution in [3.8, 4) is 0 Å². The molecule has 1 heterocycles. The molecule has 0 saturated heterocycles. The number of thioether (sulfide) groups is 1.